The van der Waals surface area contributed by atoms with Crippen molar-refractivity contribution >= 4 is 28.6 Å². The quantitative estimate of drug-likeness (QED) is 0.310. The molecule has 2 aromatic heterocycles. The van der Waals surface area contributed by atoms with Crippen LogP contribution in [0, 0.1) is 5.82 Å². The largest absolute Gasteiger partial charge is 0.483 e. The van der Waals surface area contributed by atoms with Gasteiger partial charge >= 0.3 is 5.97 Å². The second-order valence-corrected chi connectivity index (χ2v) is 10.3. The van der Waals surface area contributed by atoms with Crippen LogP contribution in [0.5, 0.6) is 11.6 Å². The molecule has 216 valence electrons. The summed E-state index contributed by atoms with van der Waals surface area (Å²) in [5.74, 6) is 0.301. The van der Waals surface area contributed by atoms with Crippen LogP contribution in [0.4, 0.5) is 4.39 Å². The van der Waals surface area contributed by atoms with Gasteiger partial charge in [0.1, 0.15) is 18.5 Å². The second kappa shape index (κ2) is 13.2. The van der Waals surface area contributed by atoms with E-state index >= 15 is 0 Å². The molecule has 0 bridgehead atoms. The summed E-state index contributed by atoms with van der Waals surface area (Å²) in [6.45, 7) is 4.31. The fourth-order valence-corrected chi connectivity index (χ4v) is 4.62. The smallest absolute Gasteiger partial charge is 0.335 e. The van der Waals surface area contributed by atoms with Crippen LogP contribution in [0.15, 0.2) is 48.7 Å². The summed E-state index contributed by atoms with van der Waals surface area (Å²) in [4.78, 5) is 26.9. The number of aromatic carboxylic acids is 1. The molecule has 2 aromatic carbocycles. The van der Waals surface area contributed by atoms with E-state index in [1.165, 1.54) is 18.6 Å². The Morgan fingerprint density at radius 2 is 1.90 bits per heavy atom. The minimum absolute atomic E-state index is 0.000172. The van der Waals surface area contributed by atoms with Crippen molar-refractivity contribution in [1.82, 2.24) is 24.4 Å². The van der Waals surface area contributed by atoms with Gasteiger partial charge in [-0.05, 0) is 55.7 Å². The van der Waals surface area contributed by atoms with Crippen molar-refractivity contribution in [2.45, 2.75) is 38.5 Å². The van der Waals surface area contributed by atoms with Gasteiger partial charge in [-0.3, -0.25) is 4.90 Å². The summed E-state index contributed by atoms with van der Waals surface area (Å²) in [5.41, 5.74) is 1.83. The first-order valence-corrected chi connectivity index (χ1v) is 13.8. The number of carboxylic acids is 1. The molecule has 2 aliphatic rings. The minimum atomic E-state index is -0.953. The standard InChI is InChI=1S/C26H25ClFN5O4.C3H6O/c1-32-21-12-16(26(34)35)2-4-20(21)30-24(32)14-33-10-7-18(8-11-33)37-25-6-9-29-23(31-25)15-36-22-5-3-17(27)13-19(22)28;1-2-4-3-1/h2-6,9,12-13,18H,7-8,10-11,14-15H2,1H3,(H,34,35);1-3H2. The summed E-state index contributed by atoms with van der Waals surface area (Å²) >= 11 is 5.77. The molecule has 2 fully saturated rings. The molecule has 0 atom stereocenters. The van der Waals surface area contributed by atoms with Gasteiger partial charge in [0.15, 0.2) is 17.4 Å². The van der Waals surface area contributed by atoms with E-state index in [0.717, 1.165) is 56.0 Å². The Morgan fingerprint density at radius 3 is 2.59 bits per heavy atom. The molecule has 0 spiro atoms. The van der Waals surface area contributed by atoms with E-state index in [-0.39, 0.29) is 24.0 Å². The Kier molecular flexibility index (Phi) is 9.28. The number of ether oxygens (including phenoxy) is 3. The summed E-state index contributed by atoms with van der Waals surface area (Å²) < 4.78 is 32.2. The van der Waals surface area contributed by atoms with E-state index in [1.807, 2.05) is 11.6 Å². The minimum Gasteiger partial charge on any atom is -0.483 e. The lowest BCUT2D eigenvalue weighted by atomic mass is 10.1. The van der Waals surface area contributed by atoms with Crippen LogP contribution in [0.25, 0.3) is 11.0 Å². The average Bonchev–Trinajstić information content (AvgIpc) is 3.23. The Morgan fingerprint density at radius 1 is 1.15 bits per heavy atom. The third-order valence-corrected chi connectivity index (χ3v) is 7.15. The van der Waals surface area contributed by atoms with E-state index in [2.05, 4.69) is 14.9 Å². The van der Waals surface area contributed by atoms with Crippen LogP contribution in [-0.2, 0) is 24.9 Å². The maximum Gasteiger partial charge on any atom is 0.335 e. The highest BCUT2D eigenvalue weighted by molar-refractivity contribution is 6.30. The fraction of sp³-hybridized carbons (Fsp3) is 0.379. The summed E-state index contributed by atoms with van der Waals surface area (Å²) in [6.07, 6.45) is 4.51. The molecule has 0 radical (unpaired) electrons. The third-order valence-electron chi connectivity index (χ3n) is 6.92. The number of rotatable bonds is 8. The molecule has 41 heavy (non-hydrogen) atoms. The molecule has 12 heteroatoms. The van der Waals surface area contributed by atoms with Crippen LogP contribution < -0.4 is 9.47 Å². The Hall–Kier alpha value is -3.80. The first-order chi connectivity index (χ1) is 19.9. The molecule has 0 amide bonds. The van der Waals surface area contributed by atoms with E-state index in [0.29, 0.717) is 23.3 Å². The molecule has 0 saturated carbocycles. The van der Waals surface area contributed by atoms with Gasteiger partial charge in [0.2, 0.25) is 5.88 Å². The number of hydrogen-bond donors (Lipinski definition) is 1. The highest BCUT2D eigenvalue weighted by atomic mass is 35.5. The summed E-state index contributed by atoms with van der Waals surface area (Å²) in [6, 6.07) is 10.9. The highest BCUT2D eigenvalue weighted by Crippen LogP contribution is 2.23. The summed E-state index contributed by atoms with van der Waals surface area (Å²) in [5, 5.41) is 9.56. The molecule has 0 aliphatic carbocycles. The number of fused-ring (bicyclic) bond motifs is 1. The van der Waals surface area contributed by atoms with E-state index < -0.39 is 11.8 Å². The van der Waals surface area contributed by atoms with Gasteiger partial charge in [0.05, 0.1) is 23.1 Å². The molecule has 2 aliphatic heterocycles. The topological polar surface area (TPSA) is 112 Å². The number of carbonyl (C=O) groups is 1. The van der Waals surface area contributed by atoms with Crippen LogP contribution in [-0.4, -0.2) is 67.9 Å². The van der Waals surface area contributed by atoms with E-state index in [4.69, 9.17) is 30.8 Å². The molecule has 4 heterocycles. The van der Waals surface area contributed by atoms with Crippen molar-refractivity contribution in [2.24, 2.45) is 7.05 Å². The maximum atomic E-state index is 13.9. The number of carboxylic acid groups (broad SMARTS) is 1. The zero-order valence-corrected chi connectivity index (χ0v) is 23.4. The van der Waals surface area contributed by atoms with Gasteiger partial charge in [0, 0.05) is 50.6 Å². The molecule has 4 aromatic rings. The van der Waals surface area contributed by atoms with Crippen molar-refractivity contribution < 1.29 is 28.5 Å². The molecule has 1 N–H and O–H groups in total. The van der Waals surface area contributed by atoms with Crippen molar-refractivity contribution in [3.8, 4) is 11.6 Å². The zero-order valence-electron chi connectivity index (χ0n) is 22.6. The molecule has 2 saturated heterocycles. The Balaban J connectivity index is 0.000000777. The SMILES string of the molecule is C1COC1.Cn1c(CN2CCC(Oc3ccnc(COc4ccc(Cl)cc4F)n3)CC2)nc2ccc(C(=O)O)cc21. The number of aromatic nitrogens is 4. The van der Waals surface area contributed by atoms with Gasteiger partial charge in [-0.25, -0.2) is 19.2 Å². The number of halogens is 2. The molecule has 6 rings (SSSR count). The lowest BCUT2D eigenvalue weighted by Gasteiger charge is -2.31. The molecule has 10 nitrogen and oxygen atoms in total. The lowest BCUT2D eigenvalue weighted by Crippen LogP contribution is -2.38. The predicted octanol–water partition coefficient (Wildman–Crippen LogP) is 4.88. The zero-order chi connectivity index (χ0) is 28.8. The Labute approximate surface area is 241 Å². The number of nitrogens with zero attached hydrogens (tertiary/aromatic N) is 5. The molecular weight excluding hydrogens is 553 g/mol. The first-order valence-electron chi connectivity index (χ1n) is 13.4. The van der Waals surface area contributed by atoms with Crippen LogP contribution in [0.1, 0.15) is 41.3 Å². The number of hydrogen-bond acceptors (Lipinski definition) is 8. The maximum absolute atomic E-state index is 13.9. The van der Waals surface area contributed by atoms with Crippen molar-refractivity contribution in [1.29, 1.82) is 0 Å². The second-order valence-electron chi connectivity index (χ2n) is 9.83. The van der Waals surface area contributed by atoms with Crippen molar-refractivity contribution in [2.75, 3.05) is 26.3 Å². The van der Waals surface area contributed by atoms with E-state index in [1.54, 1.807) is 36.5 Å². The van der Waals surface area contributed by atoms with Gasteiger partial charge in [-0.15, -0.1) is 0 Å². The Bertz CT molecular complexity index is 1500. The third kappa shape index (κ3) is 7.49. The highest BCUT2D eigenvalue weighted by Gasteiger charge is 2.23. The number of aryl methyl sites for hydroxylation is 1. The number of benzene rings is 2. The van der Waals surface area contributed by atoms with Crippen LogP contribution in [0.2, 0.25) is 5.02 Å². The van der Waals surface area contributed by atoms with Crippen LogP contribution >= 0.6 is 11.6 Å². The monoisotopic (exact) mass is 583 g/mol. The molecule has 0 unspecified atom stereocenters. The van der Waals surface area contributed by atoms with Crippen molar-refractivity contribution in [3.63, 3.8) is 0 Å². The van der Waals surface area contributed by atoms with Gasteiger partial charge in [-0.2, -0.15) is 4.98 Å². The lowest BCUT2D eigenvalue weighted by molar-refractivity contribution is 0.0367. The predicted molar refractivity (Wildman–Crippen MR) is 150 cm³/mol. The normalized spacial score (nSPS) is 15.6. The fourth-order valence-electron chi connectivity index (χ4n) is 4.46. The van der Waals surface area contributed by atoms with Crippen LogP contribution in [0.3, 0.4) is 0 Å². The number of likely N-dealkylation sites (tertiary alicyclic amines) is 1. The van der Waals surface area contributed by atoms with E-state index in [9.17, 15) is 14.3 Å². The summed E-state index contributed by atoms with van der Waals surface area (Å²) in [7, 11) is 1.91. The number of imidazole rings is 1. The van der Waals surface area contributed by atoms with Gasteiger partial charge < -0.3 is 23.9 Å². The van der Waals surface area contributed by atoms with Gasteiger partial charge in [0.25, 0.3) is 0 Å². The van der Waals surface area contributed by atoms with Gasteiger partial charge in [-0.1, -0.05) is 11.6 Å². The number of piperidine rings is 1. The van der Waals surface area contributed by atoms with Crippen molar-refractivity contribution in [3.05, 3.63) is 76.7 Å². The average molecular weight is 584 g/mol. The molecular formula is C29H31ClFN5O5. The first kappa shape index (κ1) is 28.7.